The summed E-state index contributed by atoms with van der Waals surface area (Å²) < 4.78 is 0.478. The highest BCUT2D eigenvalue weighted by Gasteiger charge is 2.10. The summed E-state index contributed by atoms with van der Waals surface area (Å²) in [7, 11) is 0. The van der Waals surface area contributed by atoms with Crippen molar-refractivity contribution in [2.45, 2.75) is 0 Å². The number of carbonyl (C=O) groups excluding carboxylic acids is 1. The smallest absolute Gasteiger partial charge is 0.354 e. The van der Waals surface area contributed by atoms with Gasteiger partial charge in [-0.05, 0) is 46.3 Å². The molecule has 2 rings (SSSR count). The van der Waals surface area contributed by atoms with Crippen LogP contribution in [-0.2, 0) is 0 Å². The highest BCUT2D eigenvalue weighted by Crippen LogP contribution is 2.24. The van der Waals surface area contributed by atoms with Crippen LogP contribution in [0.5, 0.6) is 5.75 Å². The Morgan fingerprint density at radius 3 is 2.60 bits per heavy atom. The van der Waals surface area contributed by atoms with E-state index in [0.717, 1.165) is 0 Å². The number of carbonyl (C=O) groups is 2. The maximum absolute atomic E-state index is 12.0. The van der Waals surface area contributed by atoms with Gasteiger partial charge in [-0.2, -0.15) is 0 Å². The van der Waals surface area contributed by atoms with Crippen molar-refractivity contribution >= 4 is 33.5 Å². The largest absolute Gasteiger partial charge is 0.507 e. The normalized spacial score (nSPS) is 10.1. The zero-order chi connectivity index (χ0) is 14.7. The molecule has 0 saturated carbocycles. The van der Waals surface area contributed by atoms with E-state index in [0.29, 0.717) is 10.2 Å². The van der Waals surface area contributed by atoms with Gasteiger partial charge < -0.3 is 15.5 Å². The van der Waals surface area contributed by atoms with E-state index in [1.807, 2.05) is 0 Å². The number of hydrogen-bond donors (Lipinski definition) is 3. The van der Waals surface area contributed by atoms with Gasteiger partial charge in [0.1, 0.15) is 11.4 Å². The van der Waals surface area contributed by atoms with E-state index in [1.54, 1.807) is 6.07 Å². The maximum Gasteiger partial charge on any atom is 0.354 e. The number of carboxylic acid groups (broad SMARTS) is 1. The topological polar surface area (TPSA) is 99.5 Å². The zero-order valence-electron chi connectivity index (χ0n) is 10.0. The van der Waals surface area contributed by atoms with E-state index < -0.39 is 11.9 Å². The van der Waals surface area contributed by atoms with Gasteiger partial charge in [-0.15, -0.1) is 0 Å². The Hall–Kier alpha value is -2.41. The molecular weight excluding hydrogens is 328 g/mol. The lowest BCUT2D eigenvalue weighted by Crippen LogP contribution is -2.12. The molecule has 3 N–H and O–H groups in total. The molecule has 0 unspecified atom stereocenters. The minimum atomic E-state index is -1.18. The molecule has 0 aliphatic carbocycles. The van der Waals surface area contributed by atoms with Gasteiger partial charge in [0, 0.05) is 17.4 Å². The number of benzene rings is 1. The minimum Gasteiger partial charge on any atom is -0.507 e. The number of phenols is 1. The summed E-state index contributed by atoms with van der Waals surface area (Å²) in [5, 5.41) is 20.9. The van der Waals surface area contributed by atoms with E-state index in [9.17, 15) is 14.7 Å². The van der Waals surface area contributed by atoms with Gasteiger partial charge in [0.05, 0.1) is 4.47 Å². The van der Waals surface area contributed by atoms with Crippen LogP contribution in [-0.4, -0.2) is 27.1 Å². The Kier molecular flexibility index (Phi) is 3.99. The summed E-state index contributed by atoms with van der Waals surface area (Å²) in [5.74, 6) is -1.70. The Bertz CT molecular complexity index is 688. The number of aromatic hydroxyl groups is 1. The third-order valence-corrected chi connectivity index (χ3v) is 3.12. The first-order chi connectivity index (χ1) is 9.47. The van der Waals surface area contributed by atoms with Crippen LogP contribution in [0, 0.1) is 0 Å². The van der Waals surface area contributed by atoms with Crippen molar-refractivity contribution in [2.24, 2.45) is 0 Å². The third-order valence-electron chi connectivity index (χ3n) is 2.45. The molecule has 102 valence electrons. The Morgan fingerprint density at radius 1 is 1.20 bits per heavy atom. The number of rotatable bonds is 3. The average Bonchev–Trinajstić information content (AvgIpc) is 2.42. The van der Waals surface area contributed by atoms with Crippen LogP contribution in [0.15, 0.2) is 41.0 Å². The van der Waals surface area contributed by atoms with Crippen molar-refractivity contribution in [3.63, 3.8) is 0 Å². The van der Waals surface area contributed by atoms with E-state index in [2.05, 4.69) is 26.2 Å². The van der Waals surface area contributed by atoms with Gasteiger partial charge >= 0.3 is 5.97 Å². The number of aromatic carboxylic acids is 1. The number of amides is 1. The van der Waals surface area contributed by atoms with E-state index >= 15 is 0 Å². The number of hydrogen-bond acceptors (Lipinski definition) is 4. The molecule has 20 heavy (non-hydrogen) atoms. The number of carboxylic acids is 1. The monoisotopic (exact) mass is 336 g/mol. The molecule has 0 aliphatic rings. The van der Waals surface area contributed by atoms with Crippen molar-refractivity contribution in [1.29, 1.82) is 0 Å². The minimum absolute atomic E-state index is 0.0568. The molecule has 6 nitrogen and oxygen atoms in total. The first-order valence-corrected chi connectivity index (χ1v) is 6.26. The number of halogens is 1. The molecule has 0 spiro atoms. The molecule has 0 bridgehead atoms. The van der Waals surface area contributed by atoms with E-state index in [4.69, 9.17) is 5.11 Å². The molecule has 2 aromatic rings. The average molecular weight is 337 g/mol. The standard InChI is InChI=1S/C13H9BrN2O4/c14-9-2-1-7(5-11(9)17)12(18)16-8-3-4-15-10(6-8)13(19)20/h1-6,17H,(H,19,20)(H,15,16,18). The van der Waals surface area contributed by atoms with Gasteiger partial charge in [-0.1, -0.05) is 0 Å². The summed E-state index contributed by atoms with van der Waals surface area (Å²) >= 11 is 3.12. The first kappa shape index (κ1) is 14.0. The Morgan fingerprint density at radius 2 is 1.95 bits per heavy atom. The number of nitrogens with one attached hydrogen (secondary N) is 1. The van der Waals surface area contributed by atoms with Gasteiger partial charge in [0.15, 0.2) is 0 Å². The maximum atomic E-state index is 12.0. The second-order valence-electron chi connectivity index (χ2n) is 3.86. The molecule has 0 atom stereocenters. The zero-order valence-corrected chi connectivity index (χ0v) is 11.6. The number of pyridine rings is 1. The van der Waals surface area contributed by atoms with Crippen LogP contribution in [0.4, 0.5) is 5.69 Å². The van der Waals surface area contributed by atoms with Crippen molar-refractivity contribution in [3.8, 4) is 5.75 Å². The third kappa shape index (κ3) is 3.12. The fourth-order valence-corrected chi connectivity index (χ4v) is 1.73. The predicted octanol–water partition coefficient (Wildman–Crippen LogP) is 2.50. The second kappa shape index (κ2) is 5.70. The van der Waals surface area contributed by atoms with Crippen LogP contribution in [0.3, 0.4) is 0 Å². The van der Waals surface area contributed by atoms with Crippen LogP contribution < -0.4 is 5.32 Å². The molecule has 1 aromatic heterocycles. The van der Waals surface area contributed by atoms with Crippen molar-refractivity contribution in [2.75, 3.05) is 5.32 Å². The lowest BCUT2D eigenvalue weighted by Gasteiger charge is -2.06. The summed E-state index contributed by atoms with van der Waals surface area (Å²) in [6, 6.07) is 7.10. The molecule has 1 aromatic carbocycles. The Labute approximate surface area is 122 Å². The Balaban J connectivity index is 2.21. The van der Waals surface area contributed by atoms with Crippen molar-refractivity contribution < 1.29 is 19.8 Å². The van der Waals surface area contributed by atoms with Crippen LogP contribution in [0.2, 0.25) is 0 Å². The van der Waals surface area contributed by atoms with Crippen LogP contribution in [0.1, 0.15) is 20.8 Å². The molecular formula is C13H9BrN2O4. The number of phenolic OH excluding ortho intramolecular Hbond substituents is 1. The SMILES string of the molecule is O=C(Nc1ccnc(C(=O)O)c1)c1ccc(Br)c(O)c1. The van der Waals surface area contributed by atoms with E-state index in [-0.39, 0.29) is 17.0 Å². The second-order valence-corrected chi connectivity index (χ2v) is 4.71. The van der Waals surface area contributed by atoms with Gasteiger partial charge in [0.2, 0.25) is 0 Å². The van der Waals surface area contributed by atoms with Gasteiger partial charge in [-0.25, -0.2) is 9.78 Å². The molecule has 0 saturated heterocycles. The van der Waals surface area contributed by atoms with Crippen LogP contribution >= 0.6 is 15.9 Å². The fraction of sp³-hybridized carbons (Fsp3) is 0. The molecule has 1 heterocycles. The fourth-order valence-electron chi connectivity index (χ4n) is 1.48. The lowest BCUT2D eigenvalue weighted by atomic mass is 10.2. The summed E-state index contributed by atoms with van der Waals surface area (Å²) in [6.45, 7) is 0. The highest BCUT2D eigenvalue weighted by atomic mass is 79.9. The number of anilines is 1. The van der Waals surface area contributed by atoms with Crippen LogP contribution in [0.25, 0.3) is 0 Å². The number of nitrogens with zero attached hydrogens (tertiary/aromatic N) is 1. The van der Waals surface area contributed by atoms with Gasteiger partial charge in [0.25, 0.3) is 5.91 Å². The van der Waals surface area contributed by atoms with E-state index in [1.165, 1.54) is 30.5 Å². The first-order valence-electron chi connectivity index (χ1n) is 5.46. The predicted molar refractivity (Wildman–Crippen MR) is 75.0 cm³/mol. The van der Waals surface area contributed by atoms with Gasteiger partial charge in [-0.3, -0.25) is 4.79 Å². The highest BCUT2D eigenvalue weighted by molar-refractivity contribution is 9.10. The quantitative estimate of drug-likeness (QED) is 0.799. The molecule has 1 amide bonds. The lowest BCUT2D eigenvalue weighted by molar-refractivity contribution is 0.0690. The van der Waals surface area contributed by atoms with Crippen molar-refractivity contribution in [3.05, 3.63) is 52.3 Å². The summed E-state index contributed by atoms with van der Waals surface area (Å²) in [5.41, 5.74) is 0.394. The van der Waals surface area contributed by atoms with Crippen molar-refractivity contribution in [1.82, 2.24) is 4.98 Å². The summed E-state index contributed by atoms with van der Waals surface area (Å²) in [4.78, 5) is 26.4. The number of aromatic nitrogens is 1. The molecule has 0 aliphatic heterocycles. The molecule has 0 fully saturated rings. The molecule has 7 heteroatoms. The molecule has 0 radical (unpaired) electrons. The summed E-state index contributed by atoms with van der Waals surface area (Å²) in [6.07, 6.45) is 1.29.